The van der Waals surface area contributed by atoms with Gasteiger partial charge in [0, 0.05) is 12.8 Å². The van der Waals surface area contributed by atoms with E-state index in [0.717, 1.165) is 89.9 Å². The van der Waals surface area contributed by atoms with Crippen LogP contribution in [0.5, 0.6) is 0 Å². The molecule has 0 radical (unpaired) electrons. The molecule has 0 saturated carbocycles. The van der Waals surface area contributed by atoms with Crippen molar-refractivity contribution in [1.82, 2.24) is 5.32 Å². The van der Waals surface area contributed by atoms with Gasteiger partial charge in [0.2, 0.25) is 5.91 Å². The van der Waals surface area contributed by atoms with Crippen molar-refractivity contribution in [3.05, 3.63) is 48.6 Å². The minimum Gasteiger partial charge on any atom is -0.756 e. The van der Waals surface area contributed by atoms with Crippen LogP contribution in [-0.4, -0.2) is 69.4 Å². The van der Waals surface area contributed by atoms with Crippen LogP contribution < -0.4 is 10.2 Å². The van der Waals surface area contributed by atoms with E-state index in [1.807, 2.05) is 33.3 Å². The molecular formula is C73H139N2O7P. The Morgan fingerprint density at radius 2 is 0.735 bits per heavy atom. The average molecular weight is 1190 g/mol. The van der Waals surface area contributed by atoms with Crippen LogP contribution in [0.25, 0.3) is 0 Å². The van der Waals surface area contributed by atoms with Gasteiger partial charge in [-0.3, -0.25) is 14.2 Å². The molecule has 10 heteroatoms. The predicted molar refractivity (Wildman–Crippen MR) is 358 cm³/mol. The van der Waals surface area contributed by atoms with E-state index in [-0.39, 0.29) is 24.9 Å². The summed E-state index contributed by atoms with van der Waals surface area (Å²) in [5.41, 5.74) is 0. The summed E-state index contributed by atoms with van der Waals surface area (Å²) >= 11 is 0. The molecule has 1 amide bonds. The van der Waals surface area contributed by atoms with Crippen molar-refractivity contribution in [2.24, 2.45) is 0 Å². The van der Waals surface area contributed by atoms with Crippen molar-refractivity contribution in [2.45, 2.75) is 367 Å². The highest BCUT2D eigenvalue weighted by Crippen LogP contribution is 2.38. The number of quaternary nitrogens is 1. The number of phosphoric ester groups is 1. The number of hydrogen-bond acceptors (Lipinski definition) is 7. The Hall–Kier alpha value is -2.03. The van der Waals surface area contributed by atoms with E-state index in [1.54, 1.807) is 0 Å². The quantitative estimate of drug-likeness (QED) is 0.0212. The Morgan fingerprint density at radius 1 is 0.422 bits per heavy atom. The number of nitrogens with one attached hydrogen (secondary N) is 1. The van der Waals surface area contributed by atoms with Gasteiger partial charge in [-0.25, -0.2) is 0 Å². The van der Waals surface area contributed by atoms with Gasteiger partial charge in [0.25, 0.3) is 7.82 Å². The molecule has 0 rings (SSSR count). The highest BCUT2D eigenvalue weighted by Gasteiger charge is 2.27. The third-order valence-electron chi connectivity index (χ3n) is 16.3. The van der Waals surface area contributed by atoms with Crippen LogP contribution in [0.3, 0.4) is 0 Å². The molecular weight excluding hydrogens is 1050 g/mol. The zero-order chi connectivity index (χ0) is 60.7. The lowest BCUT2D eigenvalue weighted by molar-refractivity contribution is -0.870. The van der Waals surface area contributed by atoms with Crippen LogP contribution in [0.2, 0.25) is 0 Å². The number of carbonyl (C=O) groups excluding carboxylic acids is 2. The molecule has 0 aromatic rings. The molecule has 0 aliphatic rings. The van der Waals surface area contributed by atoms with Gasteiger partial charge in [0.15, 0.2) is 0 Å². The minimum absolute atomic E-state index is 0.0237. The summed E-state index contributed by atoms with van der Waals surface area (Å²) in [6.45, 7) is 6.86. The summed E-state index contributed by atoms with van der Waals surface area (Å²) in [6.07, 6.45) is 79.5. The number of hydrogen-bond donors (Lipinski definition) is 1. The number of unbranched alkanes of at least 4 members (excludes halogenated alkanes) is 44. The standard InChI is InChI=1S/C73H139N2O7P/c1-7-10-13-16-19-22-25-28-30-32-34-35-36-37-38-39-41-43-45-48-51-54-57-60-63-66-73(77)82-71(64-61-58-55-52-49-46-27-24-21-18-15-12-9-3)70(69-81-83(78,79)80-68-67-75(4,5)6)74-72(76)65-62-59-56-53-50-47-44-42-40-33-31-29-26-23-20-17-14-11-8-2/h20,23,29,31,40,42,61,64,70-71H,7-19,21-22,24-28,30,32-39,41,43-60,62-63,65-69H2,1-6H3,(H-,74,76,78,79)/b23-20-,31-29-,42-40-,64-61-. The topological polar surface area (TPSA) is 114 Å². The van der Waals surface area contributed by atoms with Gasteiger partial charge >= 0.3 is 5.97 Å². The number of amides is 1. The summed E-state index contributed by atoms with van der Waals surface area (Å²) in [5.74, 6) is -0.538. The molecule has 0 aliphatic carbocycles. The van der Waals surface area contributed by atoms with Crippen molar-refractivity contribution >= 4 is 19.7 Å². The summed E-state index contributed by atoms with van der Waals surface area (Å²) in [6, 6.07) is -0.894. The molecule has 0 saturated heterocycles. The molecule has 0 aliphatic heterocycles. The number of rotatable bonds is 66. The Bertz CT molecular complexity index is 1560. The minimum atomic E-state index is -4.71. The first kappa shape index (κ1) is 81.0. The molecule has 0 aromatic heterocycles. The highest BCUT2D eigenvalue weighted by molar-refractivity contribution is 7.45. The fraction of sp³-hybridized carbons (Fsp3) is 0.863. The van der Waals surface area contributed by atoms with Gasteiger partial charge < -0.3 is 28.5 Å². The second-order valence-corrected chi connectivity index (χ2v) is 27.2. The molecule has 0 spiro atoms. The zero-order valence-corrected chi connectivity index (χ0v) is 56.8. The molecule has 0 heterocycles. The van der Waals surface area contributed by atoms with Crippen LogP contribution in [-0.2, 0) is 27.9 Å². The van der Waals surface area contributed by atoms with Crippen LogP contribution in [0.4, 0.5) is 0 Å². The number of likely N-dealkylation sites (N-methyl/N-ethyl adjacent to an activating group) is 1. The van der Waals surface area contributed by atoms with Crippen molar-refractivity contribution in [1.29, 1.82) is 0 Å². The van der Waals surface area contributed by atoms with Gasteiger partial charge in [-0.05, 0) is 70.3 Å². The molecule has 83 heavy (non-hydrogen) atoms. The summed E-state index contributed by atoms with van der Waals surface area (Å²) in [5, 5.41) is 3.04. The van der Waals surface area contributed by atoms with E-state index in [9.17, 15) is 19.0 Å². The number of allylic oxidation sites excluding steroid dienone is 7. The van der Waals surface area contributed by atoms with Crippen molar-refractivity contribution < 1.29 is 37.3 Å². The monoisotopic (exact) mass is 1190 g/mol. The Morgan fingerprint density at radius 3 is 1.12 bits per heavy atom. The second kappa shape index (κ2) is 63.0. The maximum atomic E-state index is 13.6. The lowest BCUT2D eigenvalue weighted by atomic mass is 10.0. The lowest BCUT2D eigenvalue weighted by Crippen LogP contribution is -2.47. The van der Waals surface area contributed by atoms with E-state index in [1.165, 1.54) is 231 Å². The van der Waals surface area contributed by atoms with Crippen molar-refractivity contribution in [3.63, 3.8) is 0 Å². The van der Waals surface area contributed by atoms with Gasteiger partial charge in [0.1, 0.15) is 19.3 Å². The van der Waals surface area contributed by atoms with E-state index in [4.69, 9.17) is 13.8 Å². The Kier molecular flexibility index (Phi) is 61.5. The van der Waals surface area contributed by atoms with E-state index in [0.29, 0.717) is 17.4 Å². The molecule has 3 unspecified atom stereocenters. The van der Waals surface area contributed by atoms with Gasteiger partial charge in [-0.1, -0.05) is 320 Å². The van der Waals surface area contributed by atoms with E-state index >= 15 is 0 Å². The first-order valence-electron chi connectivity index (χ1n) is 35.9. The molecule has 1 N–H and O–H groups in total. The van der Waals surface area contributed by atoms with Gasteiger partial charge in [0.05, 0.1) is 33.8 Å². The number of ether oxygens (including phenoxy) is 1. The van der Waals surface area contributed by atoms with Gasteiger partial charge in [-0.15, -0.1) is 0 Å². The van der Waals surface area contributed by atoms with Crippen LogP contribution >= 0.6 is 7.82 Å². The summed E-state index contributed by atoms with van der Waals surface area (Å²) in [7, 11) is 1.19. The number of nitrogens with zero attached hydrogens (tertiary/aromatic N) is 1. The molecule has 9 nitrogen and oxygen atoms in total. The first-order chi connectivity index (χ1) is 40.4. The maximum absolute atomic E-state index is 13.6. The fourth-order valence-corrected chi connectivity index (χ4v) is 11.4. The van der Waals surface area contributed by atoms with E-state index in [2.05, 4.69) is 62.5 Å². The Labute approximate surface area is 516 Å². The first-order valence-corrected chi connectivity index (χ1v) is 37.4. The molecule has 0 fully saturated rings. The zero-order valence-electron chi connectivity index (χ0n) is 55.9. The van der Waals surface area contributed by atoms with E-state index < -0.39 is 26.6 Å². The second-order valence-electron chi connectivity index (χ2n) is 25.7. The van der Waals surface area contributed by atoms with Crippen molar-refractivity contribution in [3.8, 4) is 0 Å². The maximum Gasteiger partial charge on any atom is 0.306 e. The van der Waals surface area contributed by atoms with Gasteiger partial charge in [-0.2, -0.15) is 0 Å². The highest BCUT2D eigenvalue weighted by atomic mass is 31.2. The average Bonchev–Trinajstić information content (AvgIpc) is 3.47. The smallest absolute Gasteiger partial charge is 0.306 e. The lowest BCUT2D eigenvalue weighted by Gasteiger charge is -2.30. The summed E-state index contributed by atoms with van der Waals surface area (Å²) in [4.78, 5) is 40.2. The Balaban J connectivity index is 5.08. The van der Waals surface area contributed by atoms with Crippen LogP contribution in [0.15, 0.2) is 48.6 Å². The normalized spacial score (nSPS) is 13.8. The van der Waals surface area contributed by atoms with Crippen LogP contribution in [0.1, 0.15) is 355 Å². The SMILES string of the molecule is CCCCC/C=C\C/C=C\C/C=C\CCCCCCCCC(=O)NC(COP(=O)([O-])OCC[N+](C)(C)C)C(/C=C\CCCCCCCCCCCCC)OC(=O)CCCCCCCCCCCCCCCCCCCCCCCCCCC. The number of esters is 1. The molecule has 488 valence electrons. The number of carbonyl (C=O) groups is 2. The molecule has 3 atom stereocenters. The third-order valence-corrected chi connectivity index (χ3v) is 17.2. The fourth-order valence-electron chi connectivity index (χ4n) is 10.7. The molecule has 0 aromatic carbocycles. The third kappa shape index (κ3) is 64.3. The largest absolute Gasteiger partial charge is 0.756 e. The summed E-state index contributed by atoms with van der Waals surface area (Å²) < 4.78 is 30.5. The van der Waals surface area contributed by atoms with Crippen LogP contribution in [0, 0.1) is 0 Å². The predicted octanol–water partition coefficient (Wildman–Crippen LogP) is 22.2. The molecule has 0 bridgehead atoms. The number of phosphoric acid groups is 1. The van der Waals surface area contributed by atoms with Crippen molar-refractivity contribution in [2.75, 3.05) is 40.9 Å².